The van der Waals surface area contributed by atoms with Crippen molar-refractivity contribution in [3.05, 3.63) is 29.8 Å². The molecule has 0 amide bonds. The summed E-state index contributed by atoms with van der Waals surface area (Å²) in [6.07, 6.45) is 3.32. The summed E-state index contributed by atoms with van der Waals surface area (Å²) in [6.45, 7) is 2.78. The van der Waals surface area contributed by atoms with Crippen LogP contribution in [0.4, 0.5) is 0 Å². The fourth-order valence-corrected chi connectivity index (χ4v) is 2.94. The topological polar surface area (TPSA) is 69.6 Å². The number of aliphatic hydroxyl groups is 1. The number of carbonyl (C=O) groups is 1. The van der Waals surface area contributed by atoms with E-state index in [2.05, 4.69) is 5.32 Å². The number of Topliss-reactive ketones (excluding diaryl/α,β-unsaturated/α-hetero) is 1. The summed E-state index contributed by atoms with van der Waals surface area (Å²) in [7, 11) is 0. The Morgan fingerprint density at radius 1 is 1.24 bits per heavy atom. The average molecular weight is 291 g/mol. The lowest BCUT2D eigenvalue weighted by Gasteiger charge is -2.30. The predicted octanol–water partition coefficient (Wildman–Crippen LogP) is 2.03. The van der Waals surface area contributed by atoms with Crippen molar-refractivity contribution in [2.24, 2.45) is 5.92 Å². The molecular formula is C17H25NO3. The second-order valence-corrected chi connectivity index (χ2v) is 6.03. The van der Waals surface area contributed by atoms with E-state index in [1.54, 1.807) is 12.1 Å². The zero-order chi connectivity index (χ0) is 15.2. The number of aliphatic hydroxyl groups excluding tert-OH is 1. The van der Waals surface area contributed by atoms with Gasteiger partial charge in [0.2, 0.25) is 0 Å². The van der Waals surface area contributed by atoms with Gasteiger partial charge in [-0.05, 0) is 56.3 Å². The first kappa shape index (κ1) is 16.0. The van der Waals surface area contributed by atoms with E-state index in [0.717, 1.165) is 31.4 Å². The van der Waals surface area contributed by atoms with Gasteiger partial charge in [-0.3, -0.25) is 4.79 Å². The fraction of sp³-hybridized carbons (Fsp3) is 0.588. The summed E-state index contributed by atoms with van der Waals surface area (Å²) in [5.41, 5.74) is 1.16. The van der Waals surface area contributed by atoms with Crippen LogP contribution in [-0.2, 0) is 11.2 Å². The van der Waals surface area contributed by atoms with Gasteiger partial charge in [-0.15, -0.1) is 0 Å². The molecular weight excluding hydrogens is 266 g/mol. The number of aromatic hydroxyl groups is 1. The van der Waals surface area contributed by atoms with Gasteiger partial charge in [0.15, 0.2) is 0 Å². The molecule has 116 valence electrons. The molecule has 0 radical (unpaired) electrons. The van der Waals surface area contributed by atoms with Gasteiger partial charge in [-0.25, -0.2) is 0 Å². The SMILES string of the molecule is CC(NCCc1ccc(O)cc1)C(O)C1CCC(=O)CC1. The molecule has 0 heterocycles. The highest BCUT2D eigenvalue weighted by Crippen LogP contribution is 2.26. The largest absolute Gasteiger partial charge is 0.508 e. The summed E-state index contributed by atoms with van der Waals surface area (Å²) in [6, 6.07) is 7.22. The third-order valence-corrected chi connectivity index (χ3v) is 4.40. The minimum atomic E-state index is -0.391. The number of phenolic OH excluding ortho intramolecular Hbond substituents is 1. The van der Waals surface area contributed by atoms with E-state index in [4.69, 9.17) is 0 Å². The smallest absolute Gasteiger partial charge is 0.132 e. The third kappa shape index (κ3) is 4.83. The fourth-order valence-electron chi connectivity index (χ4n) is 2.94. The number of phenols is 1. The maximum Gasteiger partial charge on any atom is 0.132 e. The maximum absolute atomic E-state index is 11.2. The van der Waals surface area contributed by atoms with E-state index in [0.29, 0.717) is 18.6 Å². The second-order valence-electron chi connectivity index (χ2n) is 6.03. The van der Waals surface area contributed by atoms with E-state index in [1.165, 1.54) is 0 Å². The van der Waals surface area contributed by atoms with Gasteiger partial charge < -0.3 is 15.5 Å². The molecule has 0 spiro atoms. The first-order valence-electron chi connectivity index (χ1n) is 7.77. The van der Waals surface area contributed by atoms with Crippen LogP contribution in [0.1, 0.15) is 38.2 Å². The number of ketones is 1. The summed E-state index contributed by atoms with van der Waals surface area (Å²) in [4.78, 5) is 11.2. The molecule has 0 saturated heterocycles. The molecule has 0 aromatic heterocycles. The summed E-state index contributed by atoms with van der Waals surface area (Å²) < 4.78 is 0. The van der Waals surface area contributed by atoms with Crippen LogP contribution in [0.5, 0.6) is 5.75 Å². The van der Waals surface area contributed by atoms with Crippen molar-refractivity contribution in [1.82, 2.24) is 5.32 Å². The lowest BCUT2D eigenvalue weighted by molar-refractivity contribution is -0.121. The summed E-state index contributed by atoms with van der Waals surface area (Å²) in [5, 5.41) is 22.9. The van der Waals surface area contributed by atoms with Gasteiger partial charge in [0.1, 0.15) is 11.5 Å². The molecule has 4 nitrogen and oxygen atoms in total. The van der Waals surface area contributed by atoms with Gasteiger partial charge >= 0.3 is 0 Å². The Labute approximate surface area is 126 Å². The number of hydrogen-bond acceptors (Lipinski definition) is 4. The van der Waals surface area contributed by atoms with Gasteiger partial charge in [0.25, 0.3) is 0 Å². The summed E-state index contributed by atoms with van der Waals surface area (Å²) in [5.74, 6) is 0.840. The lowest BCUT2D eigenvalue weighted by atomic mass is 9.82. The minimum Gasteiger partial charge on any atom is -0.508 e. The molecule has 1 aromatic rings. The molecule has 2 atom stereocenters. The maximum atomic E-state index is 11.2. The normalized spacial score (nSPS) is 19.4. The van der Waals surface area contributed by atoms with E-state index in [-0.39, 0.29) is 17.7 Å². The molecule has 2 rings (SSSR count). The molecule has 4 heteroatoms. The number of nitrogens with one attached hydrogen (secondary N) is 1. The standard InChI is InChI=1S/C17H25NO3/c1-12(17(21)14-4-8-16(20)9-5-14)18-11-10-13-2-6-15(19)7-3-13/h2-3,6-7,12,14,17-19,21H,4-5,8-11H2,1H3. The number of carbonyl (C=O) groups excluding carboxylic acids is 1. The van der Waals surface area contributed by atoms with E-state index in [1.807, 2.05) is 19.1 Å². The number of benzene rings is 1. The molecule has 1 aliphatic rings. The first-order valence-corrected chi connectivity index (χ1v) is 7.77. The van der Waals surface area contributed by atoms with Crippen molar-refractivity contribution in [1.29, 1.82) is 0 Å². The highest BCUT2D eigenvalue weighted by molar-refractivity contribution is 5.79. The zero-order valence-electron chi connectivity index (χ0n) is 12.6. The highest BCUT2D eigenvalue weighted by Gasteiger charge is 2.28. The minimum absolute atomic E-state index is 0.0281. The van der Waals surface area contributed by atoms with Crippen molar-refractivity contribution < 1.29 is 15.0 Å². The molecule has 1 fully saturated rings. The molecule has 3 N–H and O–H groups in total. The molecule has 0 aliphatic heterocycles. The monoisotopic (exact) mass is 291 g/mol. The Balaban J connectivity index is 1.72. The van der Waals surface area contributed by atoms with E-state index in [9.17, 15) is 15.0 Å². The Morgan fingerprint density at radius 2 is 1.86 bits per heavy atom. The van der Waals surface area contributed by atoms with Crippen molar-refractivity contribution in [3.63, 3.8) is 0 Å². The van der Waals surface area contributed by atoms with Gasteiger partial charge in [0, 0.05) is 18.9 Å². The number of rotatable bonds is 6. The van der Waals surface area contributed by atoms with Crippen molar-refractivity contribution in [3.8, 4) is 5.75 Å². The molecule has 1 aliphatic carbocycles. The molecule has 2 unspecified atom stereocenters. The number of hydrogen-bond donors (Lipinski definition) is 3. The lowest BCUT2D eigenvalue weighted by Crippen LogP contribution is -2.43. The third-order valence-electron chi connectivity index (χ3n) is 4.40. The van der Waals surface area contributed by atoms with Crippen LogP contribution in [0.25, 0.3) is 0 Å². The first-order chi connectivity index (χ1) is 10.1. The molecule has 21 heavy (non-hydrogen) atoms. The van der Waals surface area contributed by atoms with Crippen LogP contribution in [0.3, 0.4) is 0 Å². The van der Waals surface area contributed by atoms with Crippen LogP contribution < -0.4 is 5.32 Å². The summed E-state index contributed by atoms with van der Waals surface area (Å²) >= 11 is 0. The van der Waals surface area contributed by atoms with Crippen LogP contribution in [-0.4, -0.2) is 34.7 Å². The van der Waals surface area contributed by atoms with E-state index >= 15 is 0 Å². The van der Waals surface area contributed by atoms with Crippen LogP contribution >= 0.6 is 0 Å². The Morgan fingerprint density at radius 3 is 2.48 bits per heavy atom. The van der Waals surface area contributed by atoms with Gasteiger partial charge in [-0.2, -0.15) is 0 Å². The quantitative estimate of drug-likeness (QED) is 0.750. The van der Waals surface area contributed by atoms with Crippen LogP contribution in [0.2, 0.25) is 0 Å². The molecule has 0 bridgehead atoms. The van der Waals surface area contributed by atoms with Crippen molar-refractivity contribution >= 4 is 5.78 Å². The van der Waals surface area contributed by atoms with E-state index < -0.39 is 6.10 Å². The molecule has 1 saturated carbocycles. The Bertz CT molecular complexity index is 448. The second kappa shape index (κ2) is 7.57. The predicted molar refractivity (Wildman–Crippen MR) is 82.2 cm³/mol. The van der Waals surface area contributed by atoms with Crippen LogP contribution in [0, 0.1) is 5.92 Å². The van der Waals surface area contributed by atoms with Crippen LogP contribution in [0.15, 0.2) is 24.3 Å². The zero-order valence-corrected chi connectivity index (χ0v) is 12.6. The van der Waals surface area contributed by atoms with Crippen molar-refractivity contribution in [2.45, 2.75) is 51.2 Å². The highest BCUT2D eigenvalue weighted by atomic mass is 16.3. The average Bonchev–Trinajstić information content (AvgIpc) is 2.49. The van der Waals surface area contributed by atoms with Gasteiger partial charge in [-0.1, -0.05) is 12.1 Å². The van der Waals surface area contributed by atoms with Crippen molar-refractivity contribution in [2.75, 3.05) is 6.54 Å². The van der Waals surface area contributed by atoms with Gasteiger partial charge in [0.05, 0.1) is 6.10 Å². The Hall–Kier alpha value is -1.39. The molecule has 1 aromatic carbocycles. The Kier molecular flexibility index (Phi) is 5.76.